The number of aliphatic hydroxyl groups is 1. The lowest BCUT2D eigenvalue weighted by Crippen LogP contribution is -2.00. The van der Waals surface area contributed by atoms with Gasteiger partial charge in [0, 0.05) is 6.61 Å². The summed E-state index contributed by atoms with van der Waals surface area (Å²) in [5.74, 6) is 0. The molecule has 0 aliphatic carbocycles. The van der Waals surface area contributed by atoms with Crippen LogP contribution < -0.4 is 0 Å². The Morgan fingerprint density at radius 2 is 1.94 bits per heavy atom. The van der Waals surface area contributed by atoms with Crippen LogP contribution in [0, 0.1) is 10.5 Å². The lowest BCUT2D eigenvalue weighted by molar-refractivity contribution is 0.299. The third kappa shape index (κ3) is 2.59. The number of nitrogens with zero attached hydrogens (tertiary/aromatic N) is 2. The number of halogens is 1. The molecular formula is C14H17IN2O. The molecule has 0 saturated carbocycles. The van der Waals surface area contributed by atoms with Crippen LogP contribution in [0.4, 0.5) is 0 Å². The first-order valence-electron chi connectivity index (χ1n) is 6.11. The summed E-state index contributed by atoms with van der Waals surface area (Å²) in [6.07, 6.45) is 1.66. The fraction of sp³-hybridized carbons (Fsp3) is 0.357. The third-order valence-corrected chi connectivity index (χ3v) is 4.43. The van der Waals surface area contributed by atoms with Gasteiger partial charge in [0.2, 0.25) is 0 Å². The zero-order valence-electron chi connectivity index (χ0n) is 10.7. The third-order valence-electron chi connectivity index (χ3n) is 3.03. The van der Waals surface area contributed by atoms with Crippen molar-refractivity contribution in [2.75, 3.05) is 6.61 Å². The molecule has 0 radical (unpaired) electrons. The van der Waals surface area contributed by atoms with Gasteiger partial charge in [-0.2, -0.15) is 5.10 Å². The van der Waals surface area contributed by atoms with E-state index in [0.717, 1.165) is 23.4 Å². The highest BCUT2D eigenvalue weighted by atomic mass is 127. The molecule has 96 valence electrons. The topological polar surface area (TPSA) is 38.0 Å². The predicted molar refractivity (Wildman–Crippen MR) is 81.2 cm³/mol. The van der Waals surface area contributed by atoms with E-state index in [1.807, 2.05) is 16.8 Å². The normalized spacial score (nSPS) is 10.9. The van der Waals surface area contributed by atoms with Gasteiger partial charge in [0.25, 0.3) is 0 Å². The van der Waals surface area contributed by atoms with Crippen molar-refractivity contribution in [1.29, 1.82) is 0 Å². The van der Waals surface area contributed by atoms with Gasteiger partial charge in [-0.05, 0) is 60.1 Å². The average molecular weight is 356 g/mol. The number of hydrogen-bond donors (Lipinski definition) is 1. The van der Waals surface area contributed by atoms with Crippen LogP contribution in [0.5, 0.6) is 0 Å². The van der Waals surface area contributed by atoms with Gasteiger partial charge in [-0.3, -0.25) is 0 Å². The number of aliphatic hydroxyl groups excluding tert-OH is 1. The summed E-state index contributed by atoms with van der Waals surface area (Å²) in [4.78, 5) is 0. The molecule has 3 nitrogen and oxygen atoms in total. The van der Waals surface area contributed by atoms with Crippen LogP contribution in [-0.4, -0.2) is 21.5 Å². The largest absolute Gasteiger partial charge is 0.396 e. The zero-order chi connectivity index (χ0) is 13.1. The number of rotatable bonds is 4. The molecule has 1 heterocycles. The Labute approximate surface area is 121 Å². The maximum absolute atomic E-state index is 8.90. The average Bonchev–Trinajstić information content (AvgIpc) is 2.68. The van der Waals surface area contributed by atoms with Crippen LogP contribution in [0.25, 0.3) is 5.69 Å². The molecule has 4 heteroatoms. The highest BCUT2D eigenvalue weighted by Gasteiger charge is 2.11. The molecule has 1 aromatic carbocycles. The molecule has 2 aromatic rings. The van der Waals surface area contributed by atoms with Crippen LogP contribution in [0.3, 0.4) is 0 Å². The van der Waals surface area contributed by atoms with Crippen molar-refractivity contribution in [3.8, 4) is 5.69 Å². The minimum atomic E-state index is 0.192. The predicted octanol–water partition coefficient (Wildman–Crippen LogP) is 2.88. The van der Waals surface area contributed by atoms with Crippen molar-refractivity contribution in [2.24, 2.45) is 0 Å². The van der Waals surface area contributed by atoms with Crippen LogP contribution >= 0.6 is 22.6 Å². The summed E-state index contributed by atoms with van der Waals surface area (Å²) >= 11 is 2.36. The number of hydrogen-bond acceptors (Lipinski definition) is 2. The van der Waals surface area contributed by atoms with Crippen LogP contribution in [-0.2, 0) is 12.8 Å². The molecule has 0 unspecified atom stereocenters. The molecule has 0 aliphatic rings. The fourth-order valence-corrected chi connectivity index (χ4v) is 2.67. The van der Waals surface area contributed by atoms with Crippen molar-refractivity contribution in [3.05, 3.63) is 44.8 Å². The molecule has 0 bridgehead atoms. The van der Waals surface area contributed by atoms with Gasteiger partial charge in [-0.1, -0.05) is 19.1 Å². The Morgan fingerprint density at radius 1 is 1.28 bits per heavy atom. The van der Waals surface area contributed by atoms with E-state index in [1.165, 1.54) is 9.26 Å². The molecule has 1 N–H and O–H groups in total. The second-order valence-corrected chi connectivity index (χ2v) is 5.33. The highest BCUT2D eigenvalue weighted by Crippen LogP contribution is 2.20. The van der Waals surface area contributed by atoms with E-state index in [4.69, 9.17) is 5.11 Å². The van der Waals surface area contributed by atoms with Crippen LogP contribution in [0.1, 0.15) is 23.9 Å². The molecular weight excluding hydrogens is 339 g/mol. The first-order chi connectivity index (χ1) is 8.67. The van der Waals surface area contributed by atoms with Crippen molar-refractivity contribution in [3.63, 3.8) is 0 Å². The SMILES string of the molecule is CCc1nn(-c2ccc(CCO)cc2)c(C)c1I. The van der Waals surface area contributed by atoms with Crippen molar-refractivity contribution >= 4 is 22.6 Å². The first kappa shape index (κ1) is 13.5. The molecule has 0 atom stereocenters. The first-order valence-corrected chi connectivity index (χ1v) is 7.19. The lowest BCUT2D eigenvalue weighted by atomic mass is 10.1. The Balaban J connectivity index is 2.36. The lowest BCUT2D eigenvalue weighted by Gasteiger charge is -2.05. The number of benzene rings is 1. The zero-order valence-corrected chi connectivity index (χ0v) is 12.8. The summed E-state index contributed by atoms with van der Waals surface area (Å²) in [6.45, 7) is 4.41. The van der Waals surface area contributed by atoms with E-state index in [1.54, 1.807) is 0 Å². The molecule has 0 saturated heterocycles. The Morgan fingerprint density at radius 3 is 2.44 bits per heavy atom. The fourth-order valence-electron chi connectivity index (χ4n) is 1.95. The summed E-state index contributed by atoms with van der Waals surface area (Å²) in [5.41, 5.74) is 4.55. The highest BCUT2D eigenvalue weighted by molar-refractivity contribution is 14.1. The molecule has 0 spiro atoms. The van der Waals surface area contributed by atoms with Gasteiger partial charge in [0.1, 0.15) is 0 Å². The maximum atomic E-state index is 8.90. The molecule has 1 aromatic heterocycles. The summed E-state index contributed by atoms with van der Waals surface area (Å²) < 4.78 is 3.23. The van der Waals surface area contributed by atoms with E-state index in [9.17, 15) is 0 Å². The van der Waals surface area contributed by atoms with E-state index >= 15 is 0 Å². The van der Waals surface area contributed by atoms with Crippen LogP contribution in [0.15, 0.2) is 24.3 Å². The van der Waals surface area contributed by atoms with Gasteiger partial charge in [0.15, 0.2) is 0 Å². The summed E-state index contributed by atoms with van der Waals surface area (Å²) in [5, 5.41) is 13.5. The monoisotopic (exact) mass is 356 g/mol. The summed E-state index contributed by atoms with van der Waals surface area (Å²) in [7, 11) is 0. The number of aryl methyl sites for hydroxylation is 1. The Bertz CT molecular complexity index is 531. The minimum absolute atomic E-state index is 0.192. The number of aromatic nitrogens is 2. The van der Waals surface area contributed by atoms with E-state index in [0.29, 0.717) is 6.42 Å². The second kappa shape index (κ2) is 5.84. The van der Waals surface area contributed by atoms with Gasteiger partial charge in [0.05, 0.1) is 20.6 Å². The van der Waals surface area contributed by atoms with Crippen molar-refractivity contribution in [2.45, 2.75) is 26.7 Å². The minimum Gasteiger partial charge on any atom is -0.396 e. The van der Waals surface area contributed by atoms with Gasteiger partial charge in [-0.15, -0.1) is 0 Å². The quantitative estimate of drug-likeness (QED) is 0.856. The second-order valence-electron chi connectivity index (χ2n) is 4.25. The van der Waals surface area contributed by atoms with Gasteiger partial charge in [-0.25, -0.2) is 4.68 Å². The summed E-state index contributed by atoms with van der Waals surface area (Å²) in [6, 6.07) is 8.21. The van der Waals surface area contributed by atoms with Gasteiger partial charge >= 0.3 is 0 Å². The smallest absolute Gasteiger partial charge is 0.0762 e. The Kier molecular flexibility index (Phi) is 4.40. The maximum Gasteiger partial charge on any atom is 0.0762 e. The molecule has 0 amide bonds. The van der Waals surface area contributed by atoms with Crippen molar-refractivity contribution < 1.29 is 5.11 Å². The standard InChI is InChI=1S/C14H17IN2O/c1-3-13-14(15)10(2)17(16-13)12-6-4-11(5-7-12)8-9-18/h4-7,18H,3,8-9H2,1-2H3. The van der Waals surface area contributed by atoms with E-state index < -0.39 is 0 Å². The van der Waals surface area contributed by atoms with Crippen LogP contribution in [0.2, 0.25) is 0 Å². The van der Waals surface area contributed by atoms with E-state index in [2.05, 4.69) is 53.7 Å². The Hall–Kier alpha value is -0.880. The van der Waals surface area contributed by atoms with E-state index in [-0.39, 0.29) is 6.61 Å². The molecule has 0 fully saturated rings. The van der Waals surface area contributed by atoms with Gasteiger partial charge < -0.3 is 5.11 Å². The van der Waals surface area contributed by atoms with Crippen molar-refractivity contribution in [1.82, 2.24) is 9.78 Å². The molecule has 18 heavy (non-hydrogen) atoms. The molecule has 2 rings (SSSR count). The molecule has 0 aliphatic heterocycles.